The van der Waals surface area contributed by atoms with E-state index in [1.165, 1.54) is 13.3 Å². The largest absolute Gasteiger partial charge is 0.468 e. The van der Waals surface area contributed by atoms with Gasteiger partial charge in [-0.1, -0.05) is 42.1 Å². The lowest BCUT2D eigenvalue weighted by Crippen LogP contribution is -2.10. The molecule has 1 aromatic heterocycles. The van der Waals surface area contributed by atoms with Gasteiger partial charge in [-0.3, -0.25) is 4.79 Å². The van der Waals surface area contributed by atoms with E-state index < -0.39 is 11.9 Å². The Morgan fingerprint density at radius 2 is 1.96 bits per heavy atom. The number of aromatic nitrogens is 2. The summed E-state index contributed by atoms with van der Waals surface area (Å²) < 4.78 is 9.61. The molecule has 0 saturated carbocycles. The van der Waals surface area contributed by atoms with Crippen molar-refractivity contribution in [3.05, 3.63) is 42.1 Å². The molecular weight excluding hydrogens is 316 g/mol. The molecule has 0 radical (unpaired) electrons. The van der Waals surface area contributed by atoms with Crippen LogP contribution >= 0.6 is 11.8 Å². The molecule has 0 bridgehead atoms. The molecule has 0 amide bonds. The molecular formula is C16H16N2O4S. The van der Waals surface area contributed by atoms with Crippen LogP contribution in [0.2, 0.25) is 0 Å². The van der Waals surface area contributed by atoms with Gasteiger partial charge in [0.1, 0.15) is 10.6 Å². The maximum Gasteiger partial charge on any atom is 0.342 e. The standard InChI is InChI=1S/C16H16N2O4S/c1-3-22-16(20)12-9-17-14(11-7-5-4-6-8-11)18-15(12)23-10-13(19)21-2/h4-9H,3,10H2,1-2H3. The summed E-state index contributed by atoms with van der Waals surface area (Å²) in [6.45, 7) is 1.97. The van der Waals surface area contributed by atoms with E-state index in [1.807, 2.05) is 30.3 Å². The molecule has 120 valence electrons. The lowest BCUT2D eigenvalue weighted by atomic mass is 10.2. The molecule has 1 heterocycles. The molecule has 23 heavy (non-hydrogen) atoms. The van der Waals surface area contributed by atoms with Crippen LogP contribution in [-0.2, 0) is 14.3 Å². The van der Waals surface area contributed by atoms with E-state index in [1.54, 1.807) is 6.92 Å². The molecule has 1 aromatic carbocycles. The lowest BCUT2D eigenvalue weighted by Gasteiger charge is -2.09. The maximum atomic E-state index is 12.0. The van der Waals surface area contributed by atoms with Crippen molar-refractivity contribution in [3.8, 4) is 11.4 Å². The average Bonchev–Trinajstić information content (AvgIpc) is 2.60. The highest BCUT2D eigenvalue weighted by molar-refractivity contribution is 8.00. The number of benzene rings is 1. The molecule has 0 fully saturated rings. The van der Waals surface area contributed by atoms with Gasteiger partial charge in [-0.25, -0.2) is 14.8 Å². The van der Waals surface area contributed by atoms with Crippen LogP contribution < -0.4 is 0 Å². The Bertz CT molecular complexity index is 692. The van der Waals surface area contributed by atoms with E-state index >= 15 is 0 Å². The summed E-state index contributed by atoms with van der Waals surface area (Å²) in [5, 5.41) is 0.391. The first kappa shape index (κ1) is 17.0. The SMILES string of the molecule is CCOC(=O)c1cnc(-c2ccccc2)nc1SCC(=O)OC. The molecule has 0 saturated heterocycles. The van der Waals surface area contributed by atoms with Gasteiger partial charge in [-0.2, -0.15) is 0 Å². The Morgan fingerprint density at radius 3 is 2.61 bits per heavy atom. The fourth-order valence-electron chi connectivity index (χ4n) is 1.74. The van der Waals surface area contributed by atoms with Gasteiger partial charge in [0.2, 0.25) is 0 Å². The molecule has 0 aliphatic carbocycles. The van der Waals surface area contributed by atoms with E-state index in [0.717, 1.165) is 17.3 Å². The van der Waals surface area contributed by atoms with Gasteiger partial charge in [0, 0.05) is 11.8 Å². The van der Waals surface area contributed by atoms with Crippen LogP contribution in [0.25, 0.3) is 11.4 Å². The summed E-state index contributed by atoms with van der Waals surface area (Å²) in [5.41, 5.74) is 1.06. The van der Waals surface area contributed by atoms with Crippen molar-refractivity contribution in [2.24, 2.45) is 0 Å². The number of rotatable bonds is 6. The zero-order valence-electron chi connectivity index (χ0n) is 12.8. The first-order valence-electron chi connectivity index (χ1n) is 6.95. The van der Waals surface area contributed by atoms with E-state index in [0.29, 0.717) is 10.9 Å². The quantitative estimate of drug-likeness (QED) is 0.457. The number of carbonyl (C=O) groups is 2. The predicted octanol–water partition coefficient (Wildman–Crippen LogP) is 2.59. The molecule has 2 rings (SSSR count). The number of carbonyl (C=O) groups excluding carboxylic acids is 2. The molecule has 0 N–H and O–H groups in total. The zero-order valence-corrected chi connectivity index (χ0v) is 13.6. The van der Waals surface area contributed by atoms with Crippen LogP contribution in [0.5, 0.6) is 0 Å². The summed E-state index contributed by atoms with van der Waals surface area (Å²) >= 11 is 1.12. The minimum Gasteiger partial charge on any atom is -0.468 e. The summed E-state index contributed by atoms with van der Waals surface area (Å²) in [6.07, 6.45) is 1.42. The smallest absolute Gasteiger partial charge is 0.342 e. The zero-order chi connectivity index (χ0) is 16.7. The molecule has 0 aliphatic rings. The molecule has 6 nitrogen and oxygen atoms in total. The van der Waals surface area contributed by atoms with Crippen LogP contribution in [0.3, 0.4) is 0 Å². The Hall–Kier alpha value is -2.41. The number of nitrogens with zero attached hydrogens (tertiary/aromatic N) is 2. The highest BCUT2D eigenvalue weighted by Gasteiger charge is 2.18. The number of hydrogen-bond acceptors (Lipinski definition) is 7. The number of ether oxygens (including phenoxy) is 2. The lowest BCUT2D eigenvalue weighted by molar-refractivity contribution is -0.137. The Morgan fingerprint density at radius 1 is 1.22 bits per heavy atom. The maximum absolute atomic E-state index is 12.0. The van der Waals surface area contributed by atoms with Gasteiger partial charge in [-0.15, -0.1) is 0 Å². The minimum absolute atomic E-state index is 0.0498. The van der Waals surface area contributed by atoms with E-state index in [4.69, 9.17) is 4.74 Å². The third-order valence-corrected chi connectivity index (χ3v) is 3.80. The topological polar surface area (TPSA) is 78.4 Å². The summed E-state index contributed by atoms with van der Waals surface area (Å²) in [5.74, 6) is -0.385. The Kier molecular flexibility index (Phi) is 6.10. The van der Waals surface area contributed by atoms with Crippen LogP contribution in [-0.4, -0.2) is 41.4 Å². The fourth-order valence-corrected chi connectivity index (χ4v) is 2.55. The Labute approximate surface area is 138 Å². The molecule has 2 aromatic rings. The van der Waals surface area contributed by atoms with Crippen molar-refractivity contribution >= 4 is 23.7 Å². The first-order valence-corrected chi connectivity index (χ1v) is 7.93. The average molecular weight is 332 g/mol. The van der Waals surface area contributed by atoms with Gasteiger partial charge in [-0.05, 0) is 6.92 Å². The van der Waals surface area contributed by atoms with Gasteiger partial charge in [0.15, 0.2) is 5.82 Å². The monoisotopic (exact) mass is 332 g/mol. The molecule has 0 atom stereocenters. The van der Waals surface area contributed by atoms with Crippen LogP contribution in [0.4, 0.5) is 0 Å². The van der Waals surface area contributed by atoms with Crippen molar-refractivity contribution in [2.75, 3.05) is 19.5 Å². The number of esters is 2. The normalized spacial score (nSPS) is 10.2. The van der Waals surface area contributed by atoms with Gasteiger partial charge < -0.3 is 9.47 Å². The third-order valence-electron chi connectivity index (χ3n) is 2.84. The second-order valence-electron chi connectivity index (χ2n) is 4.36. The van der Waals surface area contributed by atoms with E-state index in [9.17, 15) is 9.59 Å². The van der Waals surface area contributed by atoms with Crippen molar-refractivity contribution in [1.82, 2.24) is 9.97 Å². The van der Waals surface area contributed by atoms with E-state index in [2.05, 4.69) is 14.7 Å². The van der Waals surface area contributed by atoms with Gasteiger partial charge in [0.05, 0.1) is 19.5 Å². The van der Waals surface area contributed by atoms with Crippen LogP contribution in [0, 0.1) is 0 Å². The molecule has 0 aliphatic heterocycles. The summed E-state index contributed by atoms with van der Waals surface area (Å²) in [6, 6.07) is 9.38. The molecule has 0 spiro atoms. The predicted molar refractivity (Wildman–Crippen MR) is 86.2 cm³/mol. The third kappa shape index (κ3) is 4.53. The van der Waals surface area contributed by atoms with Crippen molar-refractivity contribution in [3.63, 3.8) is 0 Å². The fraction of sp³-hybridized carbons (Fsp3) is 0.250. The summed E-state index contributed by atoms with van der Waals surface area (Å²) in [4.78, 5) is 32.0. The van der Waals surface area contributed by atoms with Crippen molar-refractivity contribution < 1.29 is 19.1 Å². The van der Waals surface area contributed by atoms with Crippen molar-refractivity contribution in [2.45, 2.75) is 11.9 Å². The van der Waals surface area contributed by atoms with Crippen LogP contribution in [0.1, 0.15) is 17.3 Å². The highest BCUT2D eigenvalue weighted by atomic mass is 32.2. The van der Waals surface area contributed by atoms with E-state index in [-0.39, 0.29) is 17.9 Å². The van der Waals surface area contributed by atoms with Crippen LogP contribution in [0.15, 0.2) is 41.6 Å². The first-order chi connectivity index (χ1) is 11.2. The van der Waals surface area contributed by atoms with Gasteiger partial charge in [0.25, 0.3) is 0 Å². The minimum atomic E-state index is -0.514. The Balaban J connectivity index is 2.35. The summed E-state index contributed by atoms with van der Waals surface area (Å²) in [7, 11) is 1.31. The number of hydrogen-bond donors (Lipinski definition) is 0. The second-order valence-corrected chi connectivity index (χ2v) is 5.33. The highest BCUT2D eigenvalue weighted by Crippen LogP contribution is 2.24. The van der Waals surface area contributed by atoms with Gasteiger partial charge >= 0.3 is 11.9 Å². The molecule has 0 unspecified atom stereocenters. The second kappa shape index (κ2) is 8.28. The molecule has 7 heteroatoms. The number of methoxy groups -OCH3 is 1. The number of thioether (sulfide) groups is 1. The van der Waals surface area contributed by atoms with Crippen molar-refractivity contribution in [1.29, 1.82) is 0 Å².